The molecule has 0 atom stereocenters. The van der Waals surface area contributed by atoms with E-state index in [0.717, 1.165) is 6.54 Å². The maximum absolute atomic E-state index is 10.8. The molecule has 0 radical (unpaired) electrons. The normalized spacial score (nSPS) is 11.7. The molecule has 0 heterocycles. The first-order valence-electron chi connectivity index (χ1n) is 7.01. The van der Waals surface area contributed by atoms with E-state index in [1.54, 1.807) is 0 Å². The van der Waals surface area contributed by atoms with Crippen LogP contribution in [-0.4, -0.2) is 18.0 Å². The van der Waals surface area contributed by atoms with Crippen LogP contribution in [-0.2, 0) is 4.79 Å². The lowest BCUT2D eigenvalue weighted by Crippen LogP contribution is -2.43. The Morgan fingerprint density at radius 1 is 1.06 bits per heavy atom. The van der Waals surface area contributed by atoms with E-state index >= 15 is 0 Å². The molecule has 0 bridgehead atoms. The van der Waals surface area contributed by atoms with Gasteiger partial charge in [0.1, 0.15) is 0 Å². The number of carbonyl (C=O) groups is 1. The molecule has 0 aliphatic heterocycles. The maximum Gasteiger partial charge on any atom is 0.219 e. The Kier molecular flexibility index (Phi) is 9.14. The second-order valence-electron chi connectivity index (χ2n) is 5.58. The quantitative estimate of drug-likeness (QED) is 0.547. The van der Waals surface area contributed by atoms with E-state index in [1.165, 1.54) is 44.9 Å². The number of rotatable bonds is 11. The van der Waals surface area contributed by atoms with Crippen molar-refractivity contribution in [1.29, 1.82) is 0 Å². The monoisotopic (exact) mass is 242 g/mol. The van der Waals surface area contributed by atoms with Gasteiger partial charge in [-0.2, -0.15) is 0 Å². The largest absolute Gasteiger partial charge is 0.370 e. The van der Waals surface area contributed by atoms with Crippen molar-refractivity contribution in [3.8, 4) is 0 Å². The van der Waals surface area contributed by atoms with Gasteiger partial charge in [0.05, 0.1) is 0 Å². The summed E-state index contributed by atoms with van der Waals surface area (Å²) >= 11 is 0. The first-order chi connectivity index (χ1) is 7.98. The average molecular weight is 242 g/mol. The summed E-state index contributed by atoms with van der Waals surface area (Å²) in [5, 5.41) is 3.39. The Balaban J connectivity index is 3.35. The summed E-state index contributed by atoms with van der Waals surface area (Å²) in [6.07, 6.45) is 9.61. The smallest absolute Gasteiger partial charge is 0.219 e. The van der Waals surface area contributed by atoms with Crippen LogP contribution in [0.25, 0.3) is 0 Å². The highest BCUT2D eigenvalue weighted by Gasteiger charge is 2.18. The summed E-state index contributed by atoms with van der Waals surface area (Å²) in [5.41, 5.74) is 5.04. The second kappa shape index (κ2) is 9.46. The molecule has 1 amide bonds. The van der Waals surface area contributed by atoms with E-state index in [0.29, 0.717) is 6.42 Å². The number of amides is 1. The van der Waals surface area contributed by atoms with Crippen LogP contribution in [0, 0.1) is 0 Å². The molecule has 0 aliphatic rings. The Morgan fingerprint density at radius 2 is 1.59 bits per heavy atom. The third-order valence-corrected chi connectivity index (χ3v) is 3.00. The van der Waals surface area contributed by atoms with Crippen LogP contribution in [0.5, 0.6) is 0 Å². The Bertz CT molecular complexity index is 202. The first kappa shape index (κ1) is 16.4. The lowest BCUT2D eigenvalue weighted by atomic mass is 10.00. The van der Waals surface area contributed by atoms with Gasteiger partial charge >= 0.3 is 0 Å². The molecule has 0 aliphatic carbocycles. The van der Waals surface area contributed by atoms with Crippen molar-refractivity contribution in [3.63, 3.8) is 0 Å². The molecule has 3 heteroatoms. The fourth-order valence-corrected chi connectivity index (χ4v) is 2.01. The van der Waals surface area contributed by atoms with Gasteiger partial charge in [-0.15, -0.1) is 0 Å². The van der Waals surface area contributed by atoms with E-state index < -0.39 is 0 Å². The van der Waals surface area contributed by atoms with Crippen LogP contribution in [0.3, 0.4) is 0 Å². The van der Waals surface area contributed by atoms with Crippen molar-refractivity contribution in [2.24, 2.45) is 5.73 Å². The van der Waals surface area contributed by atoms with Gasteiger partial charge in [-0.3, -0.25) is 4.79 Å². The zero-order valence-corrected chi connectivity index (χ0v) is 11.8. The minimum Gasteiger partial charge on any atom is -0.370 e. The second-order valence-corrected chi connectivity index (χ2v) is 5.58. The van der Waals surface area contributed by atoms with Gasteiger partial charge in [-0.05, 0) is 26.8 Å². The number of unbranched alkanes of at least 4 members (excludes halogenated alkanes) is 6. The highest BCUT2D eigenvalue weighted by atomic mass is 16.1. The molecule has 0 spiro atoms. The van der Waals surface area contributed by atoms with Gasteiger partial charge in [0.2, 0.25) is 5.91 Å². The SMILES string of the molecule is CCCCCCCCCNC(C)(C)CC(N)=O. The molecule has 0 unspecified atom stereocenters. The molecule has 0 saturated heterocycles. The molecule has 0 fully saturated rings. The van der Waals surface area contributed by atoms with Crippen molar-refractivity contribution >= 4 is 5.91 Å². The molecule has 0 rings (SSSR count). The average Bonchev–Trinajstić information content (AvgIpc) is 2.20. The van der Waals surface area contributed by atoms with Crippen molar-refractivity contribution in [3.05, 3.63) is 0 Å². The zero-order chi connectivity index (χ0) is 13.1. The third-order valence-electron chi connectivity index (χ3n) is 3.00. The zero-order valence-electron chi connectivity index (χ0n) is 11.8. The molecule has 3 nitrogen and oxygen atoms in total. The number of nitrogens with two attached hydrogens (primary N) is 1. The van der Waals surface area contributed by atoms with Crippen LogP contribution >= 0.6 is 0 Å². The fraction of sp³-hybridized carbons (Fsp3) is 0.929. The Hall–Kier alpha value is -0.570. The minimum absolute atomic E-state index is 0.159. The van der Waals surface area contributed by atoms with Crippen molar-refractivity contribution in [1.82, 2.24) is 5.32 Å². The summed E-state index contributed by atoms with van der Waals surface area (Å²) in [6.45, 7) is 7.27. The highest BCUT2D eigenvalue weighted by Crippen LogP contribution is 2.09. The summed E-state index contributed by atoms with van der Waals surface area (Å²) in [5.74, 6) is -0.234. The van der Waals surface area contributed by atoms with Gasteiger partial charge < -0.3 is 11.1 Å². The Morgan fingerprint density at radius 3 is 2.12 bits per heavy atom. The number of hydrogen-bond donors (Lipinski definition) is 2. The van der Waals surface area contributed by atoms with E-state index in [4.69, 9.17) is 5.73 Å². The maximum atomic E-state index is 10.8. The molecule has 17 heavy (non-hydrogen) atoms. The van der Waals surface area contributed by atoms with Crippen LogP contribution in [0.4, 0.5) is 0 Å². The molecule has 3 N–H and O–H groups in total. The van der Waals surface area contributed by atoms with Crippen LogP contribution in [0.1, 0.15) is 72.1 Å². The lowest BCUT2D eigenvalue weighted by molar-refractivity contribution is -0.119. The predicted octanol–water partition coefficient (Wildman–Crippen LogP) is 2.98. The van der Waals surface area contributed by atoms with Crippen molar-refractivity contribution in [2.45, 2.75) is 77.7 Å². The van der Waals surface area contributed by atoms with Gasteiger partial charge in [0.15, 0.2) is 0 Å². The van der Waals surface area contributed by atoms with Crippen LogP contribution < -0.4 is 11.1 Å². The molecule has 0 aromatic carbocycles. The molecule has 0 aromatic heterocycles. The van der Waals surface area contributed by atoms with Crippen LogP contribution in [0.2, 0.25) is 0 Å². The first-order valence-corrected chi connectivity index (χ1v) is 7.01. The van der Waals surface area contributed by atoms with Crippen molar-refractivity contribution in [2.75, 3.05) is 6.54 Å². The van der Waals surface area contributed by atoms with E-state index in [9.17, 15) is 4.79 Å². The Labute approximate surface area is 107 Å². The summed E-state index contributed by atoms with van der Waals surface area (Å²) < 4.78 is 0. The van der Waals surface area contributed by atoms with Gasteiger partial charge in [0.25, 0.3) is 0 Å². The van der Waals surface area contributed by atoms with Crippen LogP contribution in [0.15, 0.2) is 0 Å². The minimum atomic E-state index is -0.234. The van der Waals surface area contributed by atoms with Gasteiger partial charge in [-0.1, -0.05) is 45.4 Å². The van der Waals surface area contributed by atoms with E-state index in [-0.39, 0.29) is 11.4 Å². The molecular formula is C14H30N2O. The fourth-order valence-electron chi connectivity index (χ4n) is 2.01. The lowest BCUT2D eigenvalue weighted by Gasteiger charge is -2.24. The molecule has 102 valence electrons. The molecular weight excluding hydrogens is 212 g/mol. The summed E-state index contributed by atoms with van der Waals surface area (Å²) in [7, 11) is 0. The molecule has 0 saturated carbocycles. The van der Waals surface area contributed by atoms with E-state index in [1.807, 2.05) is 13.8 Å². The van der Waals surface area contributed by atoms with Crippen molar-refractivity contribution < 1.29 is 4.79 Å². The topological polar surface area (TPSA) is 55.1 Å². The number of primary amides is 1. The standard InChI is InChI=1S/C14H30N2O/c1-4-5-6-7-8-9-10-11-16-14(2,3)12-13(15)17/h16H,4-12H2,1-3H3,(H2,15,17). The van der Waals surface area contributed by atoms with E-state index in [2.05, 4.69) is 12.2 Å². The highest BCUT2D eigenvalue weighted by molar-refractivity contribution is 5.74. The number of carbonyl (C=O) groups excluding carboxylic acids is 1. The number of nitrogens with one attached hydrogen (secondary N) is 1. The predicted molar refractivity (Wildman–Crippen MR) is 73.9 cm³/mol. The van der Waals surface area contributed by atoms with Gasteiger partial charge in [-0.25, -0.2) is 0 Å². The van der Waals surface area contributed by atoms with Gasteiger partial charge in [0, 0.05) is 12.0 Å². The summed E-state index contributed by atoms with van der Waals surface area (Å²) in [6, 6.07) is 0. The number of hydrogen-bond acceptors (Lipinski definition) is 2. The molecule has 0 aromatic rings. The third kappa shape index (κ3) is 11.7. The summed E-state index contributed by atoms with van der Waals surface area (Å²) in [4.78, 5) is 10.8.